The lowest BCUT2D eigenvalue weighted by molar-refractivity contribution is -0.352. The monoisotopic (exact) mass is 976 g/mol. The second-order valence-electron chi connectivity index (χ2n) is 16.1. The first-order chi connectivity index (χ1) is 32.8. The number of aliphatic hydroxyl groups excluding tert-OH is 8. The van der Waals surface area contributed by atoms with Crippen molar-refractivity contribution in [2.24, 2.45) is 0 Å². The summed E-state index contributed by atoms with van der Waals surface area (Å²) in [4.78, 5) is 35.7. The zero-order valence-electron chi connectivity index (χ0n) is 35.6. The quantitative estimate of drug-likeness (QED) is 0.0330. The van der Waals surface area contributed by atoms with Crippen LogP contribution in [0.25, 0.3) is 12.2 Å². The number of aliphatic carboxylic acids is 1. The normalized spacial score (nSPS) is 32.2. The molecule has 0 aromatic heterocycles. The fourth-order valence-corrected chi connectivity index (χ4v) is 7.42. The molecule has 4 aliphatic heterocycles. The maximum atomic E-state index is 12.8. The van der Waals surface area contributed by atoms with Crippen molar-refractivity contribution >= 4 is 30.1 Å². The van der Waals surface area contributed by atoms with Gasteiger partial charge >= 0.3 is 17.9 Å². The molecule has 374 valence electrons. The Hall–Kier alpha value is -6.33. The topological polar surface area (TPSA) is 397 Å². The van der Waals surface area contributed by atoms with Gasteiger partial charge in [0, 0.05) is 23.8 Å². The average molecular weight is 977 g/mol. The van der Waals surface area contributed by atoms with Crippen LogP contribution in [-0.2, 0) is 47.5 Å². The SMILES string of the molecule is O=C(O)CC(=O)OC[C@H]1O[C@@H](Oc2cc(O)cc3c2C=C(O[C@@H]2O[C@H](COC(=O)C=Cc4ccc(O)cc4)[C@@H](O)[C@H](O)[C@H]2O[C@@H]2OC[C@@H](O)[C@H](O)[C@H]2O)[C@@H](c2ccc(O)c(O)c2)O3)[C@H](O)[C@@H](O)[C@@H]1O. The van der Waals surface area contributed by atoms with Crippen LogP contribution in [0.3, 0.4) is 0 Å². The number of rotatable bonds is 15. The van der Waals surface area contributed by atoms with Gasteiger partial charge in [0.05, 0.1) is 12.2 Å². The van der Waals surface area contributed by atoms with Gasteiger partial charge in [0.15, 0.2) is 30.0 Å². The molecular weight excluding hydrogens is 928 g/mol. The summed E-state index contributed by atoms with van der Waals surface area (Å²) in [5.74, 6) is -6.27. The molecule has 0 aliphatic carbocycles. The highest BCUT2D eigenvalue weighted by atomic mass is 16.8. The van der Waals surface area contributed by atoms with E-state index in [1.54, 1.807) is 0 Å². The third-order valence-electron chi connectivity index (χ3n) is 11.1. The van der Waals surface area contributed by atoms with Gasteiger partial charge in [0.1, 0.15) is 109 Å². The highest BCUT2D eigenvalue weighted by Crippen LogP contribution is 2.47. The van der Waals surface area contributed by atoms with Crippen molar-refractivity contribution in [1.82, 2.24) is 0 Å². The van der Waals surface area contributed by atoms with Crippen molar-refractivity contribution in [3.05, 3.63) is 83.1 Å². The Balaban J connectivity index is 1.22. The minimum Gasteiger partial charge on any atom is -0.508 e. The van der Waals surface area contributed by atoms with Crippen LogP contribution in [0.15, 0.2) is 66.4 Å². The van der Waals surface area contributed by atoms with Crippen LogP contribution >= 0.6 is 0 Å². The summed E-state index contributed by atoms with van der Waals surface area (Å²) in [6, 6.07) is 11.4. The van der Waals surface area contributed by atoms with Crippen LogP contribution < -0.4 is 9.47 Å². The van der Waals surface area contributed by atoms with E-state index in [9.17, 15) is 75.7 Å². The number of phenols is 4. The van der Waals surface area contributed by atoms with E-state index in [2.05, 4.69) is 0 Å². The van der Waals surface area contributed by atoms with E-state index >= 15 is 0 Å². The molecule has 3 aromatic carbocycles. The van der Waals surface area contributed by atoms with Crippen LogP contribution in [0, 0.1) is 0 Å². The number of aliphatic hydroxyl groups is 8. The van der Waals surface area contributed by atoms with Gasteiger partial charge in [-0.2, -0.15) is 0 Å². The zero-order chi connectivity index (χ0) is 49.8. The number of aromatic hydroxyl groups is 4. The van der Waals surface area contributed by atoms with Crippen molar-refractivity contribution in [1.29, 1.82) is 0 Å². The molecule has 0 saturated carbocycles. The molecule has 3 saturated heterocycles. The summed E-state index contributed by atoms with van der Waals surface area (Å²) >= 11 is 0. The Morgan fingerprint density at radius 2 is 1.33 bits per heavy atom. The van der Waals surface area contributed by atoms with Gasteiger partial charge < -0.3 is 109 Å². The maximum Gasteiger partial charge on any atom is 0.330 e. The summed E-state index contributed by atoms with van der Waals surface area (Å²) in [6.07, 6.45) is -24.8. The number of benzene rings is 3. The molecule has 3 aromatic rings. The van der Waals surface area contributed by atoms with E-state index in [0.29, 0.717) is 5.56 Å². The molecule has 69 heavy (non-hydrogen) atoms. The number of ether oxygens (including phenoxy) is 9. The Morgan fingerprint density at radius 3 is 2.03 bits per heavy atom. The number of carbonyl (C=O) groups excluding carboxylic acids is 2. The predicted molar refractivity (Wildman–Crippen MR) is 222 cm³/mol. The number of hydrogen-bond donors (Lipinski definition) is 13. The minimum absolute atomic E-state index is 0.0144. The minimum atomic E-state index is -2.03. The van der Waals surface area contributed by atoms with E-state index in [1.807, 2.05) is 0 Å². The maximum absolute atomic E-state index is 12.8. The van der Waals surface area contributed by atoms with Crippen molar-refractivity contribution in [2.45, 2.75) is 98.5 Å². The molecular formula is C44H48O25. The highest BCUT2D eigenvalue weighted by molar-refractivity contribution is 5.90. The molecule has 0 unspecified atom stereocenters. The van der Waals surface area contributed by atoms with Crippen LogP contribution in [-0.4, -0.2) is 190 Å². The standard InChI is InChI=1S/C44H48O25/c45-19-5-1-17(2-6-19)3-8-31(52)61-15-29-35(56)37(58)41(69-42-38(59)33(54)24(49)14-63-42)44(68-29)66-27-12-21-25(64-40(27)18-4-7-22(47)23(48)9-18)10-20(46)11-26(21)65-43-39(60)36(57)34(55)28(67-43)16-62-32(53)13-30(50)51/h1-12,24,28-29,33-49,54-60H,13-16H2,(H,50,51)/t24-,28-,29-,33+,34-,35-,36+,37+,38-,39-,40-,41-,42+,43-,44-/m1/s1. The number of esters is 2. The van der Waals surface area contributed by atoms with Crippen LogP contribution in [0.4, 0.5) is 0 Å². The largest absolute Gasteiger partial charge is 0.508 e. The Morgan fingerprint density at radius 1 is 0.667 bits per heavy atom. The lowest BCUT2D eigenvalue weighted by Crippen LogP contribution is -2.63. The van der Waals surface area contributed by atoms with E-state index in [0.717, 1.165) is 30.3 Å². The molecule has 0 radical (unpaired) electrons. The lowest BCUT2D eigenvalue weighted by atomic mass is 9.97. The lowest BCUT2D eigenvalue weighted by Gasteiger charge is -2.45. The molecule has 15 atom stereocenters. The molecule has 0 amide bonds. The molecule has 25 heteroatoms. The zero-order valence-corrected chi connectivity index (χ0v) is 35.6. The molecule has 13 N–H and O–H groups in total. The van der Waals surface area contributed by atoms with Crippen molar-refractivity contribution in [3.63, 3.8) is 0 Å². The molecule has 4 heterocycles. The number of carboxylic acid groups (broad SMARTS) is 1. The van der Waals surface area contributed by atoms with E-state index < -0.39 is 154 Å². The molecule has 25 nitrogen and oxygen atoms in total. The Bertz CT molecular complexity index is 2370. The van der Waals surface area contributed by atoms with Gasteiger partial charge in [0.25, 0.3) is 0 Å². The number of carbonyl (C=O) groups is 3. The van der Waals surface area contributed by atoms with Crippen LogP contribution in [0.1, 0.15) is 29.2 Å². The predicted octanol–water partition coefficient (Wildman–Crippen LogP) is -2.27. The first kappa shape index (κ1) is 50.5. The van der Waals surface area contributed by atoms with E-state index in [-0.39, 0.29) is 34.1 Å². The van der Waals surface area contributed by atoms with Gasteiger partial charge in [0.2, 0.25) is 12.6 Å². The van der Waals surface area contributed by atoms with Gasteiger partial charge in [-0.3, -0.25) is 9.59 Å². The van der Waals surface area contributed by atoms with E-state index in [1.165, 1.54) is 42.5 Å². The first-order valence-corrected chi connectivity index (χ1v) is 20.9. The summed E-state index contributed by atoms with van der Waals surface area (Å²) < 4.78 is 51.6. The van der Waals surface area contributed by atoms with Crippen molar-refractivity contribution in [3.8, 4) is 34.5 Å². The second-order valence-corrected chi connectivity index (χ2v) is 16.1. The summed E-state index contributed by atoms with van der Waals surface area (Å²) in [5.41, 5.74) is 0.447. The third kappa shape index (κ3) is 11.8. The van der Waals surface area contributed by atoms with Crippen LogP contribution in [0.2, 0.25) is 0 Å². The van der Waals surface area contributed by atoms with Gasteiger partial charge in [-0.1, -0.05) is 18.2 Å². The number of phenolic OH excluding ortho intramolecular Hbond substituents is 4. The van der Waals surface area contributed by atoms with E-state index in [4.69, 9.17) is 47.7 Å². The summed E-state index contributed by atoms with van der Waals surface area (Å²) in [7, 11) is 0. The summed E-state index contributed by atoms with van der Waals surface area (Å²) in [5, 5.41) is 136. The molecule has 4 aliphatic rings. The molecule has 3 fully saturated rings. The van der Waals surface area contributed by atoms with Gasteiger partial charge in [-0.25, -0.2) is 4.79 Å². The highest BCUT2D eigenvalue weighted by Gasteiger charge is 2.52. The first-order valence-electron chi connectivity index (χ1n) is 20.9. The number of carboxylic acids is 1. The molecule has 0 bridgehead atoms. The Kier molecular flexibility index (Phi) is 15.8. The van der Waals surface area contributed by atoms with Crippen LogP contribution in [0.5, 0.6) is 34.5 Å². The molecule has 0 spiro atoms. The van der Waals surface area contributed by atoms with Crippen molar-refractivity contribution < 1.29 is 123 Å². The fourth-order valence-electron chi connectivity index (χ4n) is 7.42. The Labute approximate surface area is 388 Å². The third-order valence-corrected chi connectivity index (χ3v) is 11.1. The van der Waals surface area contributed by atoms with Crippen molar-refractivity contribution in [2.75, 3.05) is 19.8 Å². The second kappa shape index (κ2) is 21.5. The van der Waals surface area contributed by atoms with Gasteiger partial charge in [-0.05, 0) is 42.0 Å². The number of fused-ring (bicyclic) bond motifs is 1. The number of hydrogen-bond acceptors (Lipinski definition) is 24. The average Bonchev–Trinajstić information content (AvgIpc) is 3.31. The smallest absolute Gasteiger partial charge is 0.330 e. The summed E-state index contributed by atoms with van der Waals surface area (Å²) in [6.45, 7) is -2.09. The fraction of sp³-hybridized carbons (Fsp3) is 0.432. The van der Waals surface area contributed by atoms with Gasteiger partial charge in [-0.15, -0.1) is 0 Å². The molecule has 7 rings (SSSR count).